The molecule has 2 atom stereocenters. The van der Waals surface area contributed by atoms with Gasteiger partial charge in [0.25, 0.3) is 0 Å². The predicted molar refractivity (Wildman–Crippen MR) is 76.3 cm³/mol. The van der Waals surface area contributed by atoms with E-state index in [2.05, 4.69) is 12.2 Å². The topological polar surface area (TPSA) is 49.3 Å². The molecule has 0 aromatic heterocycles. The van der Waals surface area contributed by atoms with Gasteiger partial charge in [-0.25, -0.2) is 4.79 Å². The zero-order valence-corrected chi connectivity index (χ0v) is 11.6. The molecule has 2 unspecified atom stereocenters. The maximum Gasteiger partial charge on any atom is 0.335 e. The van der Waals surface area contributed by atoms with Gasteiger partial charge in [0.05, 0.1) is 5.56 Å². The van der Waals surface area contributed by atoms with Crippen molar-refractivity contribution < 1.29 is 9.90 Å². The number of carboxylic acid groups (broad SMARTS) is 1. The molecule has 0 aliphatic heterocycles. The molecule has 1 fully saturated rings. The summed E-state index contributed by atoms with van der Waals surface area (Å²) in [5.41, 5.74) is 1.42. The second kappa shape index (κ2) is 6.71. The van der Waals surface area contributed by atoms with Crippen molar-refractivity contribution in [2.75, 3.05) is 0 Å². The molecule has 0 radical (unpaired) electrons. The first-order valence-electron chi connectivity index (χ1n) is 7.22. The molecular formula is C16H23NO2. The molecule has 1 aromatic carbocycles. The van der Waals surface area contributed by atoms with E-state index in [1.165, 1.54) is 32.1 Å². The van der Waals surface area contributed by atoms with Crippen molar-refractivity contribution in [3.8, 4) is 0 Å². The van der Waals surface area contributed by atoms with Crippen LogP contribution >= 0.6 is 0 Å². The van der Waals surface area contributed by atoms with Gasteiger partial charge in [-0.05, 0) is 36.5 Å². The molecule has 0 heterocycles. The molecule has 104 valence electrons. The average molecular weight is 261 g/mol. The van der Waals surface area contributed by atoms with Gasteiger partial charge >= 0.3 is 5.97 Å². The molecule has 0 amide bonds. The van der Waals surface area contributed by atoms with Crippen LogP contribution in [0.3, 0.4) is 0 Å². The monoisotopic (exact) mass is 261 g/mol. The number of carbonyl (C=O) groups is 1. The molecule has 3 heteroatoms. The van der Waals surface area contributed by atoms with Crippen LogP contribution in [0.15, 0.2) is 24.3 Å². The first kappa shape index (κ1) is 14.1. The van der Waals surface area contributed by atoms with Crippen molar-refractivity contribution in [3.05, 3.63) is 35.4 Å². The average Bonchev–Trinajstić information content (AvgIpc) is 2.61. The summed E-state index contributed by atoms with van der Waals surface area (Å²) in [6, 6.07) is 7.77. The minimum atomic E-state index is -0.857. The predicted octanol–water partition coefficient (Wildman–Crippen LogP) is 3.44. The number of hydrogen-bond acceptors (Lipinski definition) is 2. The minimum absolute atomic E-state index is 0.369. The van der Waals surface area contributed by atoms with Gasteiger partial charge in [-0.1, -0.05) is 38.3 Å². The number of nitrogens with one attached hydrogen (secondary N) is 1. The van der Waals surface area contributed by atoms with E-state index in [9.17, 15) is 4.79 Å². The maximum absolute atomic E-state index is 10.9. The summed E-state index contributed by atoms with van der Waals surface area (Å²) in [5, 5.41) is 12.6. The van der Waals surface area contributed by atoms with Crippen molar-refractivity contribution in [1.82, 2.24) is 5.32 Å². The molecule has 1 aromatic rings. The van der Waals surface area contributed by atoms with Crippen LogP contribution in [0.5, 0.6) is 0 Å². The van der Waals surface area contributed by atoms with Crippen LogP contribution in [-0.4, -0.2) is 17.1 Å². The van der Waals surface area contributed by atoms with Crippen LogP contribution in [-0.2, 0) is 6.54 Å². The third-order valence-electron chi connectivity index (χ3n) is 4.10. The van der Waals surface area contributed by atoms with Crippen LogP contribution in [0, 0.1) is 5.92 Å². The molecule has 1 saturated carbocycles. The highest BCUT2D eigenvalue weighted by atomic mass is 16.4. The lowest BCUT2D eigenvalue weighted by Gasteiger charge is -2.23. The number of hydrogen-bond donors (Lipinski definition) is 2. The second-order valence-electron chi connectivity index (χ2n) is 5.61. The Morgan fingerprint density at radius 3 is 2.89 bits per heavy atom. The number of benzene rings is 1. The van der Waals surface area contributed by atoms with E-state index < -0.39 is 5.97 Å². The fraction of sp³-hybridized carbons (Fsp3) is 0.562. The SMILES string of the molecule is CC1CCCCCC1NCc1cccc(C(=O)O)c1. The Kier molecular flexibility index (Phi) is 4.97. The molecule has 3 nitrogen and oxygen atoms in total. The summed E-state index contributed by atoms with van der Waals surface area (Å²) in [6.45, 7) is 3.08. The van der Waals surface area contributed by atoms with E-state index in [4.69, 9.17) is 5.11 Å². The van der Waals surface area contributed by atoms with Crippen LogP contribution < -0.4 is 5.32 Å². The van der Waals surface area contributed by atoms with Gasteiger partial charge in [0.1, 0.15) is 0 Å². The van der Waals surface area contributed by atoms with Crippen LogP contribution in [0.1, 0.15) is 54.9 Å². The van der Waals surface area contributed by atoms with E-state index in [0.717, 1.165) is 12.1 Å². The Morgan fingerprint density at radius 2 is 2.11 bits per heavy atom. The fourth-order valence-electron chi connectivity index (χ4n) is 2.86. The Balaban J connectivity index is 1.93. The highest BCUT2D eigenvalue weighted by Crippen LogP contribution is 2.23. The third-order valence-corrected chi connectivity index (χ3v) is 4.10. The summed E-state index contributed by atoms with van der Waals surface area (Å²) >= 11 is 0. The van der Waals surface area contributed by atoms with Crippen molar-refractivity contribution in [2.45, 2.75) is 51.6 Å². The van der Waals surface area contributed by atoms with E-state index in [-0.39, 0.29) is 0 Å². The van der Waals surface area contributed by atoms with Gasteiger partial charge in [-0.15, -0.1) is 0 Å². The van der Waals surface area contributed by atoms with E-state index in [1.54, 1.807) is 12.1 Å². The Hall–Kier alpha value is -1.35. The lowest BCUT2D eigenvalue weighted by molar-refractivity contribution is 0.0696. The van der Waals surface area contributed by atoms with Gasteiger partial charge in [0.2, 0.25) is 0 Å². The quantitative estimate of drug-likeness (QED) is 0.816. The zero-order chi connectivity index (χ0) is 13.7. The van der Waals surface area contributed by atoms with Crippen LogP contribution in [0.4, 0.5) is 0 Å². The summed E-state index contributed by atoms with van der Waals surface area (Å²) < 4.78 is 0. The number of carboxylic acids is 1. The number of aromatic carboxylic acids is 1. The lowest BCUT2D eigenvalue weighted by Crippen LogP contribution is -2.33. The number of rotatable bonds is 4. The molecule has 2 rings (SSSR count). The summed E-state index contributed by atoms with van der Waals surface area (Å²) in [4.78, 5) is 10.9. The normalized spacial score (nSPS) is 23.8. The third kappa shape index (κ3) is 4.06. The molecule has 1 aliphatic carbocycles. The molecule has 19 heavy (non-hydrogen) atoms. The van der Waals surface area contributed by atoms with Crippen molar-refractivity contribution >= 4 is 5.97 Å². The smallest absolute Gasteiger partial charge is 0.335 e. The molecule has 0 spiro atoms. The molecule has 0 saturated heterocycles. The first-order chi connectivity index (χ1) is 9.16. The van der Waals surface area contributed by atoms with Gasteiger partial charge in [-0.3, -0.25) is 0 Å². The molecule has 2 N–H and O–H groups in total. The lowest BCUT2D eigenvalue weighted by atomic mass is 9.96. The van der Waals surface area contributed by atoms with Crippen molar-refractivity contribution in [1.29, 1.82) is 0 Å². The fourth-order valence-corrected chi connectivity index (χ4v) is 2.86. The molecule has 0 bridgehead atoms. The van der Waals surface area contributed by atoms with Crippen LogP contribution in [0.25, 0.3) is 0 Å². The summed E-state index contributed by atoms with van der Waals surface area (Å²) in [6.07, 6.45) is 6.52. The van der Waals surface area contributed by atoms with Crippen molar-refractivity contribution in [2.24, 2.45) is 5.92 Å². The van der Waals surface area contributed by atoms with E-state index >= 15 is 0 Å². The minimum Gasteiger partial charge on any atom is -0.478 e. The Labute approximate surface area is 115 Å². The van der Waals surface area contributed by atoms with Gasteiger partial charge in [-0.2, -0.15) is 0 Å². The largest absolute Gasteiger partial charge is 0.478 e. The molecular weight excluding hydrogens is 238 g/mol. The van der Waals surface area contributed by atoms with Crippen molar-refractivity contribution in [3.63, 3.8) is 0 Å². The van der Waals surface area contributed by atoms with Gasteiger partial charge in [0.15, 0.2) is 0 Å². The highest BCUT2D eigenvalue weighted by Gasteiger charge is 2.19. The summed E-state index contributed by atoms with van der Waals surface area (Å²) in [7, 11) is 0. The first-order valence-corrected chi connectivity index (χ1v) is 7.22. The zero-order valence-electron chi connectivity index (χ0n) is 11.6. The maximum atomic E-state index is 10.9. The van der Waals surface area contributed by atoms with E-state index in [1.807, 2.05) is 12.1 Å². The summed E-state index contributed by atoms with van der Waals surface area (Å²) in [5.74, 6) is -0.144. The Bertz CT molecular complexity index is 431. The highest BCUT2D eigenvalue weighted by molar-refractivity contribution is 5.87. The van der Waals surface area contributed by atoms with Gasteiger partial charge < -0.3 is 10.4 Å². The Morgan fingerprint density at radius 1 is 1.32 bits per heavy atom. The van der Waals surface area contributed by atoms with E-state index in [0.29, 0.717) is 17.5 Å². The van der Waals surface area contributed by atoms with Gasteiger partial charge in [0, 0.05) is 12.6 Å². The second-order valence-corrected chi connectivity index (χ2v) is 5.61. The molecule has 1 aliphatic rings. The standard InChI is InChI=1S/C16H23NO2/c1-12-6-3-2-4-9-15(12)17-11-13-7-5-8-14(10-13)16(18)19/h5,7-8,10,12,15,17H,2-4,6,9,11H2,1H3,(H,18,19). The van der Waals surface area contributed by atoms with Crippen LogP contribution in [0.2, 0.25) is 0 Å².